The third-order valence-corrected chi connectivity index (χ3v) is 8.57. The summed E-state index contributed by atoms with van der Waals surface area (Å²) in [5, 5.41) is 0.860. The van der Waals surface area contributed by atoms with Gasteiger partial charge in [0, 0.05) is 69.9 Å². The van der Waals surface area contributed by atoms with Gasteiger partial charge in [0.15, 0.2) is 0 Å². The van der Waals surface area contributed by atoms with Crippen LogP contribution in [0.25, 0.3) is 10.9 Å². The van der Waals surface area contributed by atoms with E-state index in [0.717, 1.165) is 28.6 Å². The van der Waals surface area contributed by atoms with E-state index in [2.05, 4.69) is 14.6 Å². The van der Waals surface area contributed by atoms with Crippen LogP contribution in [-0.2, 0) is 13.6 Å². The van der Waals surface area contributed by atoms with Crippen molar-refractivity contribution in [3.8, 4) is 23.1 Å². The smallest absolute Gasteiger partial charge is 0.488 e. The Labute approximate surface area is 295 Å². The number of benzene rings is 3. The minimum absolute atomic E-state index is 0.0807. The summed E-state index contributed by atoms with van der Waals surface area (Å²) < 4.78 is 78.8. The van der Waals surface area contributed by atoms with E-state index in [1.165, 1.54) is 30.3 Å². The van der Waals surface area contributed by atoms with Crippen LogP contribution in [0.3, 0.4) is 0 Å². The molecule has 15 heteroatoms. The lowest BCUT2D eigenvalue weighted by atomic mass is 10.2. The van der Waals surface area contributed by atoms with Gasteiger partial charge in [0.25, 0.3) is 18.2 Å². The van der Waals surface area contributed by atoms with Crippen molar-refractivity contribution in [3.05, 3.63) is 108 Å². The molecular weight excluding hydrogens is 689 g/mol. The van der Waals surface area contributed by atoms with Crippen LogP contribution in [0.1, 0.15) is 26.4 Å². The van der Waals surface area contributed by atoms with Gasteiger partial charge in [-0.1, -0.05) is 12.1 Å². The molecule has 10 nitrogen and oxygen atoms in total. The molecule has 0 saturated carbocycles. The number of hydrogen-bond acceptors (Lipinski definition) is 7. The van der Waals surface area contributed by atoms with Crippen molar-refractivity contribution in [1.82, 2.24) is 19.4 Å². The van der Waals surface area contributed by atoms with Crippen molar-refractivity contribution in [2.75, 3.05) is 44.7 Å². The number of rotatable bonds is 11. The zero-order chi connectivity index (χ0) is 37.0. The molecule has 5 aromatic rings. The molecule has 1 saturated heterocycles. The molecule has 0 unspecified atom stereocenters. The van der Waals surface area contributed by atoms with Crippen molar-refractivity contribution >= 4 is 28.4 Å². The van der Waals surface area contributed by atoms with Crippen molar-refractivity contribution in [1.29, 1.82) is 0 Å². The number of aromatic nitrogens is 2. The summed E-state index contributed by atoms with van der Waals surface area (Å²) in [4.78, 5) is 36.2. The topological polar surface area (TPSA) is 89.4 Å². The number of pyridine rings is 1. The lowest BCUT2D eigenvalue weighted by Gasteiger charge is -2.34. The summed E-state index contributed by atoms with van der Waals surface area (Å²) >= 11 is 0. The molecule has 1 fully saturated rings. The Morgan fingerprint density at radius 3 is 2.17 bits per heavy atom. The van der Waals surface area contributed by atoms with Gasteiger partial charge in [-0.2, -0.15) is 0 Å². The van der Waals surface area contributed by atoms with Crippen molar-refractivity contribution in [2.45, 2.75) is 19.3 Å². The summed E-state index contributed by atoms with van der Waals surface area (Å²) in [6.07, 6.45) is -5.91. The monoisotopic (exact) mass is 723 g/mol. The van der Waals surface area contributed by atoms with E-state index in [9.17, 15) is 31.5 Å². The number of carbonyl (C=O) groups is 2. The standard InChI is InChI=1S/C37H34F5N5O5/c1-44(35(48)25-5-11-29(12-6-25)52-37(40,41)42)27-8-14-34(43-21-27)51-30-13-7-26-19-32(45(2)31(26)20-30)36(49)47-17-15-46(16-18-47)22-24-3-9-28(10-4-24)50-23-33(38)39/h3-14,19-21,33H,15-18,22-23H2,1-2H3. The zero-order valence-corrected chi connectivity index (χ0v) is 28.1. The molecule has 0 bridgehead atoms. The molecule has 2 amide bonds. The Kier molecular flexibility index (Phi) is 10.6. The third-order valence-electron chi connectivity index (χ3n) is 8.57. The second-order valence-corrected chi connectivity index (χ2v) is 12.1. The van der Waals surface area contributed by atoms with E-state index < -0.39 is 31.1 Å². The number of nitrogens with zero attached hydrogens (tertiary/aromatic N) is 5. The van der Waals surface area contributed by atoms with E-state index in [1.54, 1.807) is 30.3 Å². The number of anilines is 1. The molecule has 2 aromatic heterocycles. The number of halogens is 5. The van der Waals surface area contributed by atoms with Crippen LogP contribution in [0, 0.1) is 0 Å². The summed E-state index contributed by atoms with van der Waals surface area (Å²) in [6, 6.07) is 22.2. The molecule has 6 rings (SSSR count). The van der Waals surface area contributed by atoms with Gasteiger partial charge in [0.1, 0.15) is 29.5 Å². The van der Waals surface area contributed by atoms with Crippen LogP contribution >= 0.6 is 0 Å². The van der Waals surface area contributed by atoms with Gasteiger partial charge in [-0.25, -0.2) is 13.8 Å². The van der Waals surface area contributed by atoms with Gasteiger partial charge in [-0.15, -0.1) is 13.2 Å². The highest BCUT2D eigenvalue weighted by molar-refractivity contribution is 6.05. The fourth-order valence-electron chi connectivity index (χ4n) is 5.82. The van der Waals surface area contributed by atoms with E-state index in [0.29, 0.717) is 55.6 Å². The second-order valence-electron chi connectivity index (χ2n) is 12.1. The summed E-state index contributed by atoms with van der Waals surface area (Å²) in [7, 11) is 3.34. The second kappa shape index (κ2) is 15.3. The number of ether oxygens (including phenoxy) is 3. The number of alkyl halides is 5. The number of amides is 2. The summed E-state index contributed by atoms with van der Waals surface area (Å²) in [5.74, 6) is 0.179. The maximum atomic E-state index is 13.6. The van der Waals surface area contributed by atoms with Gasteiger partial charge in [0.05, 0.1) is 17.4 Å². The highest BCUT2D eigenvalue weighted by Gasteiger charge is 2.31. The van der Waals surface area contributed by atoms with Crippen LogP contribution in [0.4, 0.5) is 27.6 Å². The van der Waals surface area contributed by atoms with Crippen molar-refractivity contribution in [3.63, 3.8) is 0 Å². The highest BCUT2D eigenvalue weighted by atomic mass is 19.4. The van der Waals surface area contributed by atoms with Crippen molar-refractivity contribution in [2.24, 2.45) is 7.05 Å². The fraction of sp³-hybridized carbons (Fsp3) is 0.270. The molecule has 1 aliphatic rings. The lowest BCUT2D eigenvalue weighted by Crippen LogP contribution is -2.48. The number of fused-ring (bicyclic) bond motifs is 1. The first-order valence-electron chi connectivity index (χ1n) is 16.2. The molecule has 0 aliphatic carbocycles. The predicted octanol–water partition coefficient (Wildman–Crippen LogP) is 7.14. The van der Waals surface area contributed by atoms with Gasteiger partial charge in [0.2, 0.25) is 5.88 Å². The Balaban J connectivity index is 1.03. The van der Waals surface area contributed by atoms with Crippen LogP contribution < -0.4 is 19.1 Å². The molecule has 3 heterocycles. The predicted molar refractivity (Wildman–Crippen MR) is 182 cm³/mol. The molecular formula is C37H34F5N5O5. The Bertz CT molecular complexity index is 2010. The number of hydrogen-bond donors (Lipinski definition) is 0. The zero-order valence-electron chi connectivity index (χ0n) is 28.1. The first-order valence-corrected chi connectivity index (χ1v) is 16.2. The average Bonchev–Trinajstić information content (AvgIpc) is 3.46. The maximum Gasteiger partial charge on any atom is 0.573 e. The third kappa shape index (κ3) is 8.77. The van der Waals surface area contributed by atoms with E-state index in [1.807, 2.05) is 46.8 Å². The van der Waals surface area contributed by atoms with E-state index in [4.69, 9.17) is 9.47 Å². The number of carbonyl (C=O) groups excluding carboxylic acids is 2. The maximum absolute atomic E-state index is 13.6. The Morgan fingerprint density at radius 1 is 0.865 bits per heavy atom. The molecule has 0 N–H and O–H groups in total. The van der Waals surface area contributed by atoms with Crippen LogP contribution in [-0.4, -0.2) is 83.8 Å². The largest absolute Gasteiger partial charge is 0.573 e. The fourth-order valence-corrected chi connectivity index (χ4v) is 5.82. The minimum atomic E-state index is -4.83. The lowest BCUT2D eigenvalue weighted by molar-refractivity contribution is -0.274. The molecule has 3 aromatic carbocycles. The number of aryl methyl sites for hydroxylation is 1. The SMILES string of the molecule is CN(C(=O)c1ccc(OC(F)(F)F)cc1)c1ccc(Oc2ccc3cc(C(=O)N4CCN(Cc5ccc(OCC(F)F)cc5)CC4)n(C)c3c2)nc1. The average molecular weight is 724 g/mol. The molecule has 52 heavy (non-hydrogen) atoms. The summed E-state index contributed by atoms with van der Waals surface area (Å²) in [5.41, 5.74) is 2.95. The van der Waals surface area contributed by atoms with Crippen LogP contribution in [0.2, 0.25) is 0 Å². The minimum Gasteiger partial charge on any atom is -0.488 e. The molecule has 0 spiro atoms. The van der Waals surface area contributed by atoms with E-state index in [-0.39, 0.29) is 17.4 Å². The van der Waals surface area contributed by atoms with Gasteiger partial charge in [-0.3, -0.25) is 14.5 Å². The van der Waals surface area contributed by atoms with Crippen LogP contribution in [0.15, 0.2) is 91.1 Å². The number of piperazine rings is 1. The quantitative estimate of drug-likeness (QED) is 0.134. The first-order chi connectivity index (χ1) is 24.8. The molecule has 1 aliphatic heterocycles. The highest BCUT2D eigenvalue weighted by Crippen LogP contribution is 2.29. The summed E-state index contributed by atoms with van der Waals surface area (Å²) in [6.45, 7) is 2.49. The molecule has 272 valence electrons. The normalized spacial score (nSPS) is 13.7. The molecule has 0 atom stereocenters. The van der Waals surface area contributed by atoms with Crippen molar-refractivity contribution < 1.29 is 45.8 Å². The first kappa shape index (κ1) is 36.1. The van der Waals surface area contributed by atoms with Gasteiger partial charge >= 0.3 is 6.36 Å². The van der Waals surface area contributed by atoms with Gasteiger partial charge < -0.3 is 28.6 Å². The van der Waals surface area contributed by atoms with Crippen LogP contribution in [0.5, 0.6) is 23.1 Å². The van der Waals surface area contributed by atoms with E-state index >= 15 is 0 Å². The van der Waals surface area contributed by atoms with Gasteiger partial charge in [-0.05, 0) is 66.2 Å². The Morgan fingerprint density at radius 2 is 1.54 bits per heavy atom. The Hall–Kier alpha value is -5.70. The molecule has 0 radical (unpaired) electrons.